The summed E-state index contributed by atoms with van der Waals surface area (Å²) in [5.41, 5.74) is 6.65. The number of nitrogen functional groups attached to an aromatic ring is 1. The third-order valence-corrected chi connectivity index (χ3v) is 3.54. The Kier molecular flexibility index (Phi) is 4.25. The molecule has 3 heterocycles. The molecule has 2 aromatic rings. The third-order valence-electron chi connectivity index (χ3n) is 3.54. The highest BCUT2D eigenvalue weighted by atomic mass is 16.5. The monoisotopic (exact) mass is 285 g/mol. The van der Waals surface area contributed by atoms with Gasteiger partial charge in [-0.25, -0.2) is 4.98 Å². The number of nitrogens with two attached hydrogens (primary N) is 1. The maximum absolute atomic E-state index is 5.97. The van der Waals surface area contributed by atoms with Crippen molar-refractivity contribution in [3.8, 4) is 0 Å². The zero-order valence-electron chi connectivity index (χ0n) is 11.9. The molecule has 21 heavy (non-hydrogen) atoms. The molecule has 1 saturated heterocycles. The zero-order chi connectivity index (χ0) is 14.5. The second-order valence-corrected chi connectivity index (χ2v) is 5.14. The highest BCUT2D eigenvalue weighted by molar-refractivity contribution is 5.41. The molecule has 110 valence electrons. The number of rotatable bonds is 4. The summed E-state index contributed by atoms with van der Waals surface area (Å²) in [6.45, 7) is 2.31. The summed E-state index contributed by atoms with van der Waals surface area (Å²) in [6, 6.07) is 5.86. The molecule has 0 aliphatic carbocycles. The number of nitrogens with zero attached hydrogens (tertiary/aromatic N) is 4. The molecule has 1 fully saturated rings. The highest BCUT2D eigenvalue weighted by Gasteiger charge is 2.21. The standard InChI is InChI=1S/C15H19N5O/c16-14-8-17-9-15(19-14)20-7-3-5-13(10-20)21-11-12-4-1-2-6-18-12/h1-2,4,6,8-9,13H,3,5,7,10-11H2,(H2,16,19). The largest absolute Gasteiger partial charge is 0.382 e. The van der Waals surface area contributed by atoms with E-state index in [1.807, 2.05) is 18.2 Å². The normalized spacial score (nSPS) is 18.7. The molecule has 0 radical (unpaired) electrons. The molecule has 0 saturated carbocycles. The molecule has 0 bridgehead atoms. The summed E-state index contributed by atoms with van der Waals surface area (Å²) >= 11 is 0. The van der Waals surface area contributed by atoms with Crippen molar-refractivity contribution in [3.05, 3.63) is 42.5 Å². The number of ether oxygens (including phenoxy) is 1. The first-order valence-corrected chi connectivity index (χ1v) is 7.15. The van der Waals surface area contributed by atoms with Crippen LogP contribution in [0.5, 0.6) is 0 Å². The number of piperidine rings is 1. The molecule has 1 aliphatic heterocycles. The first-order valence-electron chi connectivity index (χ1n) is 7.15. The van der Waals surface area contributed by atoms with Crippen molar-refractivity contribution in [1.29, 1.82) is 0 Å². The van der Waals surface area contributed by atoms with Crippen molar-refractivity contribution < 1.29 is 4.74 Å². The maximum atomic E-state index is 5.97. The van der Waals surface area contributed by atoms with Gasteiger partial charge in [0.25, 0.3) is 0 Å². The van der Waals surface area contributed by atoms with E-state index >= 15 is 0 Å². The van der Waals surface area contributed by atoms with Crippen LogP contribution in [0.15, 0.2) is 36.8 Å². The molecule has 6 nitrogen and oxygen atoms in total. The van der Waals surface area contributed by atoms with Gasteiger partial charge >= 0.3 is 0 Å². The van der Waals surface area contributed by atoms with E-state index in [1.165, 1.54) is 0 Å². The average Bonchev–Trinajstić information content (AvgIpc) is 2.54. The van der Waals surface area contributed by atoms with Gasteiger partial charge in [-0.1, -0.05) is 6.07 Å². The number of anilines is 2. The van der Waals surface area contributed by atoms with Gasteiger partial charge < -0.3 is 15.4 Å². The van der Waals surface area contributed by atoms with E-state index < -0.39 is 0 Å². The Morgan fingerprint density at radius 3 is 3.10 bits per heavy atom. The summed E-state index contributed by atoms with van der Waals surface area (Å²) in [4.78, 5) is 14.9. The first-order chi connectivity index (χ1) is 10.3. The van der Waals surface area contributed by atoms with Crippen LogP contribution in [0, 0.1) is 0 Å². The van der Waals surface area contributed by atoms with Gasteiger partial charge in [-0.2, -0.15) is 0 Å². The average molecular weight is 285 g/mol. The minimum absolute atomic E-state index is 0.184. The van der Waals surface area contributed by atoms with E-state index in [0.29, 0.717) is 12.4 Å². The Hall–Kier alpha value is -2.21. The van der Waals surface area contributed by atoms with Crippen LogP contribution < -0.4 is 10.6 Å². The van der Waals surface area contributed by atoms with Gasteiger partial charge in [0.1, 0.15) is 11.6 Å². The minimum Gasteiger partial charge on any atom is -0.382 e. The fourth-order valence-corrected chi connectivity index (χ4v) is 2.49. The Labute approximate surface area is 124 Å². The molecule has 2 aromatic heterocycles. The fourth-order valence-electron chi connectivity index (χ4n) is 2.49. The van der Waals surface area contributed by atoms with Crippen LogP contribution in [0.2, 0.25) is 0 Å². The minimum atomic E-state index is 0.184. The van der Waals surface area contributed by atoms with Gasteiger partial charge in [0, 0.05) is 19.3 Å². The van der Waals surface area contributed by atoms with Crippen molar-refractivity contribution in [3.63, 3.8) is 0 Å². The lowest BCUT2D eigenvalue weighted by Gasteiger charge is -2.33. The maximum Gasteiger partial charge on any atom is 0.149 e. The molecule has 2 N–H and O–H groups in total. The zero-order valence-corrected chi connectivity index (χ0v) is 11.9. The van der Waals surface area contributed by atoms with Crippen LogP contribution >= 0.6 is 0 Å². The Balaban J connectivity index is 1.58. The van der Waals surface area contributed by atoms with E-state index in [1.54, 1.807) is 18.6 Å². The molecule has 6 heteroatoms. The summed E-state index contributed by atoms with van der Waals surface area (Å²) in [7, 11) is 0. The molecule has 0 amide bonds. The molecule has 0 spiro atoms. The molecule has 1 aliphatic rings. The van der Waals surface area contributed by atoms with E-state index in [9.17, 15) is 0 Å². The summed E-state index contributed by atoms with van der Waals surface area (Å²) in [6.07, 6.45) is 7.40. The van der Waals surface area contributed by atoms with Gasteiger partial charge in [-0.05, 0) is 25.0 Å². The highest BCUT2D eigenvalue weighted by Crippen LogP contribution is 2.20. The number of hydrogen-bond acceptors (Lipinski definition) is 6. The lowest BCUT2D eigenvalue weighted by atomic mass is 10.1. The second-order valence-electron chi connectivity index (χ2n) is 5.14. The quantitative estimate of drug-likeness (QED) is 0.920. The summed E-state index contributed by atoms with van der Waals surface area (Å²) in [5.74, 6) is 1.27. The predicted octanol–water partition coefficient (Wildman–Crippen LogP) is 1.64. The van der Waals surface area contributed by atoms with Gasteiger partial charge in [0.05, 0.1) is 30.8 Å². The molecular formula is C15H19N5O. The van der Waals surface area contributed by atoms with Gasteiger partial charge in [0.15, 0.2) is 0 Å². The van der Waals surface area contributed by atoms with Crippen LogP contribution in [0.25, 0.3) is 0 Å². The van der Waals surface area contributed by atoms with Crippen LogP contribution in [0.1, 0.15) is 18.5 Å². The van der Waals surface area contributed by atoms with Crippen molar-refractivity contribution >= 4 is 11.6 Å². The summed E-state index contributed by atoms with van der Waals surface area (Å²) < 4.78 is 5.97. The van der Waals surface area contributed by atoms with E-state index in [4.69, 9.17) is 10.5 Å². The lowest BCUT2D eigenvalue weighted by molar-refractivity contribution is 0.0297. The lowest BCUT2D eigenvalue weighted by Crippen LogP contribution is -2.40. The third kappa shape index (κ3) is 3.66. The molecular weight excluding hydrogens is 266 g/mol. The predicted molar refractivity (Wildman–Crippen MR) is 80.7 cm³/mol. The Bertz CT molecular complexity index is 577. The van der Waals surface area contributed by atoms with E-state index in [0.717, 1.165) is 37.4 Å². The van der Waals surface area contributed by atoms with Crippen LogP contribution in [-0.2, 0) is 11.3 Å². The van der Waals surface area contributed by atoms with Crippen molar-refractivity contribution in [1.82, 2.24) is 15.0 Å². The number of hydrogen-bond donors (Lipinski definition) is 1. The Morgan fingerprint density at radius 2 is 2.29 bits per heavy atom. The van der Waals surface area contributed by atoms with Gasteiger partial charge in [-0.3, -0.25) is 9.97 Å². The second kappa shape index (κ2) is 6.49. The Morgan fingerprint density at radius 1 is 1.33 bits per heavy atom. The molecule has 0 aromatic carbocycles. The SMILES string of the molecule is Nc1cncc(N2CCCC(OCc3ccccn3)C2)n1. The topological polar surface area (TPSA) is 77.2 Å². The summed E-state index contributed by atoms with van der Waals surface area (Å²) in [5, 5.41) is 0. The van der Waals surface area contributed by atoms with Crippen LogP contribution in [0.4, 0.5) is 11.6 Å². The van der Waals surface area contributed by atoms with Crippen molar-refractivity contribution in [2.75, 3.05) is 23.7 Å². The van der Waals surface area contributed by atoms with Gasteiger partial charge in [0.2, 0.25) is 0 Å². The molecule has 3 rings (SSSR count). The smallest absolute Gasteiger partial charge is 0.149 e. The van der Waals surface area contributed by atoms with E-state index in [2.05, 4.69) is 19.9 Å². The van der Waals surface area contributed by atoms with E-state index in [-0.39, 0.29) is 6.10 Å². The number of aromatic nitrogens is 3. The number of pyridine rings is 1. The first kappa shape index (κ1) is 13.8. The van der Waals surface area contributed by atoms with Crippen LogP contribution in [0.3, 0.4) is 0 Å². The van der Waals surface area contributed by atoms with Gasteiger partial charge in [-0.15, -0.1) is 0 Å². The fraction of sp³-hybridized carbons (Fsp3) is 0.400. The van der Waals surface area contributed by atoms with Crippen molar-refractivity contribution in [2.24, 2.45) is 0 Å². The van der Waals surface area contributed by atoms with Crippen LogP contribution in [-0.4, -0.2) is 34.1 Å². The molecule has 1 atom stereocenters. The van der Waals surface area contributed by atoms with Crippen molar-refractivity contribution in [2.45, 2.75) is 25.6 Å². The molecule has 1 unspecified atom stereocenters.